The summed E-state index contributed by atoms with van der Waals surface area (Å²) >= 11 is 0. The van der Waals surface area contributed by atoms with Crippen molar-refractivity contribution in [1.29, 1.82) is 0 Å². The molecule has 6 heteroatoms. The number of amides is 2. The molecule has 1 N–H and O–H groups in total. The zero-order chi connectivity index (χ0) is 16.4. The molecule has 3 aliphatic heterocycles. The van der Waals surface area contributed by atoms with E-state index in [-0.39, 0.29) is 29.9 Å². The van der Waals surface area contributed by atoms with Crippen LogP contribution in [0, 0.1) is 16.7 Å². The van der Waals surface area contributed by atoms with Crippen molar-refractivity contribution in [2.45, 2.75) is 65.2 Å². The molecule has 3 heterocycles. The van der Waals surface area contributed by atoms with Gasteiger partial charge in [-0.3, -0.25) is 14.5 Å². The quantitative estimate of drug-likeness (QED) is 0.794. The number of carboxylic acids is 1. The summed E-state index contributed by atoms with van der Waals surface area (Å²) in [6.45, 7) is 7.17. The highest BCUT2D eigenvalue weighted by Gasteiger charge is 2.78. The van der Waals surface area contributed by atoms with Crippen LogP contribution < -0.4 is 0 Å². The lowest BCUT2D eigenvalue weighted by Gasteiger charge is -2.36. The molecule has 122 valence electrons. The van der Waals surface area contributed by atoms with Gasteiger partial charge in [0.2, 0.25) is 11.8 Å². The van der Waals surface area contributed by atoms with Crippen molar-refractivity contribution in [3.63, 3.8) is 0 Å². The van der Waals surface area contributed by atoms with E-state index in [0.717, 1.165) is 17.7 Å². The fourth-order valence-corrected chi connectivity index (χ4v) is 4.55. The van der Waals surface area contributed by atoms with E-state index in [1.165, 1.54) is 0 Å². The maximum absolute atomic E-state index is 13.0. The minimum Gasteiger partial charge on any atom is -0.480 e. The van der Waals surface area contributed by atoms with Crippen molar-refractivity contribution in [3.05, 3.63) is 0 Å². The van der Waals surface area contributed by atoms with Gasteiger partial charge in [-0.2, -0.15) is 0 Å². The first-order valence-corrected chi connectivity index (χ1v) is 7.97. The van der Waals surface area contributed by atoms with Crippen molar-refractivity contribution in [3.8, 4) is 0 Å². The van der Waals surface area contributed by atoms with E-state index in [1.807, 2.05) is 6.92 Å². The maximum atomic E-state index is 13.0. The second kappa shape index (κ2) is 4.54. The van der Waals surface area contributed by atoms with Gasteiger partial charge in [0.25, 0.3) is 0 Å². The van der Waals surface area contributed by atoms with E-state index in [9.17, 15) is 19.5 Å². The van der Waals surface area contributed by atoms with Crippen LogP contribution in [-0.2, 0) is 19.1 Å². The number of hydrogen-bond donors (Lipinski definition) is 1. The maximum Gasteiger partial charge on any atom is 0.327 e. The third kappa shape index (κ3) is 1.46. The SMILES string of the molecule is CC[C@@H](C)[C@@H](C(=O)O)N1C(=O)[C@@]2(C)[C@@H]3CC[C@@H](O3)[C@@]2(C)C1=O. The number of carboxylic acid groups (broad SMARTS) is 1. The van der Waals surface area contributed by atoms with E-state index >= 15 is 0 Å². The largest absolute Gasteiger partial charge is 0.480 e. The van der Waals surface area contributed by atoms with Gasteiger partial charge >= 0.3 is 5.97 Å². The van der Waals surface area contributed by atoms with Gasteiger partial charge in [0.1, 0.15) is 6.04 Å². The van der Waals surface area contributed by atoms with Crippen molar-refractivity contribution >= 4 is 17.8 Å². The Hall–Kier alpha value is -1.43. The normalized spacial score (nSPS) is 42.6. The molecule has 0 spiro atoms. The molecule has 3 fully saturated rings. The molecule has 6 atom stereocenters. The van der Waals surface area contributed by atoms with Gasteiger partial charge in [0.15, 0.2) is 0 Å². The molecule has 0 aromatic rings. The van der Waals surface area contributed by atoms with Crippen LogP contribution in [0.4, 0.5) is 0 Å². The Labute approximate surface area is 129 Å². The van der Waals surface area contributed by atoms with Crippen molar-refractivity contribution < 1.29 is 24.2 Å². The number of nitrogens with zero attached hydrogens (tertiary/aromatic N) is 1. The molecule has 22 heavy (non-hydrogen) atoms. The van der Waals surface area contributed by atoms with Crippen LogP contribution in [-0.4, -0.2) is 46.0 Å². The number of likely N-dealkylation sites (tertiary alicyclic amines) is 1. The predicted molar refractivity (Wildman–Crippen MR) is 76.8 cm³/mol. The van der Waals surface area contributed by atoms with Gasteiger partial charge in [0.05, 0.1) is 23.0 Å². The van der Waals surface area contributed by atoms with Gasteiger partial charge in [-0.25, -0.2) is 4.79 Å². The van der Waals surface area contributed by atoms with E-state index in [4.69, 9.17) is 4.74 Å². The monoisotopic (exact) mass is 309 g/mol. The molecule has 0 aromatic carbocycles. The summed E-state index contributed by atoms with van der Waals surface area (Å²) < 4.78 is 5.85. The van der Waals surface area contributed by atoms with Crippen LogP contribution in [0.5, 0.6) is 0 Å². The highest BCUT2D eigenvalue weighted by Crippen LogP contribution is 2.64. The molecule has 0 radical (unpaired) electrons. The summed E-state index contributed by atoms with van der Waals surface area (Å²) in [6, 6.07) is -1.09. The molecule has 2 amide bonds. The van der Waals surface area contributed by atoms with E-state index in [1.54, 1.807) is 20.8 Å². The van der Waals surface area contributed by atoms with Crippen molar-refractivity contribution in [2.24, 2.45) is 16.7 Å². The number of fused-ring (bicyclic) bond motifs is 5. The number of ether oxygens (including phenoxy) is 1. The topological polar surface area (TPSA) is 83.9 Å². The number of aliphatic carboxylic acids is 1. The predicted octanol–water partition coefficient (Wildman–Crippen LogP) is 1.43. The molecular formula is C16H23NO5. The van der Waals surface area contributed by atoms with E-state index in [2.05, 4.69) is 0 Å². The van der Waals surface area contributed by atoms with Gasteiger partial charge < -0.3 is 9.84 Å². The molecule has 2 bridgehead atoms. The van der Waals surface area contributed by atoms with Gasteiger partial charge in [-0.05, 0) is 32.6 Å². The zero-order valence-electron chi connectivity index (χ0n) is 13.5. The average Bonchev–Trinajstić information content (AvgIpc) is 3.08. The molecule has 0 aromatic heterocycles. The van der Waals surface area contributed by atoms with Crippen LogP contribution in [0.2, 0.25) is 0 Å². The molecule has 6 nitrogen and oxygen atoms in total. The summed E-state index contributed by atoms with van der Waals surface area (Å²) in [5, 5.41) is 9.57. The standard InChI is InChI=1S/C16H23NO5/c1-5-8(2)11(12(18)19)17-13(20)15(3)9-6-7-10(22-9)16(15,4)14(17)21/h8-11H,5-7H2,1-4H3,(H,18,19)/t8-,9-,10+,11+,15+,16-/m1/s1. The number of imide groups is 1. The number of hydrogen-bond acceptors (Lipinski definition) is 4. The Morgan fingerprint density at radius 1 is 1.27 bits per heavy atom. The fraction of sp³-hybridized carbons (Fsp3) is 0.812. The molecular weight excluding hydrogens is 286 g/mol. The number of carbonyl (C=O) groups excluding carboxylic acids is 2. The minimum atomic E-state index is -1.11. The second-order valence-corrected chi connectivity index (χ2v) is 7.24. The smallest absolute Gasteiger partial charge is 0.327 e. The molecule has 0 unspecified atom stereocenters. The lowest BCUT2D eigenvalue weighted by Crippen LogP contribution is -2.51. The third-order valence-corrected chi connectivity index (χ3v) is 6.43. The number of carbonyl (C=O) groups is 3. The summed E-state index contributed by atoms with van der Waals surface area (Å²) in [7, 11) is 0. The first kappa shape index (κ1) is 15.5. The highest BCUT2D eigenvalue weighted by atomic mass is 16.5. The molecule has 0 saturated carbocycles. The Morgan fingerprint density at radius 3 is 2.09 bits per heavy atom. The summed E-state index contributed by atoms with van der Waals surface area (Å²) in [4.78, 5) is 38.8. The lowest BCUT2D eigenvalue weighted by molar-refractivity contribution is -0.160. The Balaban J connectivity index is 2.08. The van der Waals surface area contributed by atoms with E-state index < -0.39 is 22.8 Å². The van der Waals surface area contributed by atoms with Gasteiger partial charge in [-0.15, -0.1) is 0 Å². The molecule has 0 aliphatic carbocycles. The second-order valence-electron chi connectivity index (χ2n) is 7.24. The van der Waals surface area contributed by atoms with E-state index in [0.29, 0.717) is 6.42 Å². The van der Waals surface area contributed by atoms with Crippen molar-refractivity contribution in [1.82, 2.24) is 4.90 Å². The van der Waals surface area contributed by atoms with Crippen LogP contribution >= 0.6 is 0 Å². The Bertz CT molecular complexity index is 527. The van der Waals surface area contributed by atoms with Crippen LogP contribution in [0.3, 0.4) is 0 Å². The molecule has 3 rings (SSSR count). The average molecular weight is 309 g/mol. The van der Waals surface area contributed by atoms with Crippen LogP contribution in [0.25, 0.3) is 0 Å². The third-order valence-electron chi connectivity index (χ3n) is 6.43. The zero-order valence-corrected chi connectivity index (χ0v) is 13.5. The summed E-state index contributed by atoms with van der Waals surface area (Å²) in [6.07, 6.45) is 1.53. The summed E-state index contributed by atoms with van der Waals surface area (Å²) in [5.41, 5.74) is -1.87. The lowest BCUT2D eigenvalue weighted by atomic mass is 9.59. The minimum absolute atomic E-state index is 0.282. The van der Waals surface area contributed by atoms with Crippen LogP contribution in [0.1, 0.15) is 47.0 Å². The first-order valence-electron chi connectivity index (χ1n) is 7.97. The van der Waals surface area contributed by atoms with Gasteiger partial charge in [-0.1, -0.05) is 20.3 Å². The van der Waals surface area contributed by atoms with Gasteiger partial charge in [0, 0.05) is 0 Å². The Kier molecular flexibility index (Phi) is 3.19. The first-order chi connectivity index (χ1) is 10.2. The molecule has 3 aliphatic rings. The summed E-state index contributed by atoms with van der Waals surface area (Å²) in [5.74, 6) is -2.15. The Morgan fingerprint density at radius 2 is 1.73 bits per heavy atom. The van der Waals surface area contributed by atoms with Crippen molar-refractivity contribution in [2.75, 3.05) is 0 Å². The van der Waals surface area contributed by atoms with Crippen LogP contribution in [0.15, 0.2) is 0 Å². The fourth-order valence-electron chi connectivity index (χ4n) is 4.55. The highest BCUT2D eigenvalue weighted by molar-refractivity contribution is 6.12. The number of rotatable bonds is 4. The molecule has 3 saturated heterocycles.